The molecule has 0 fully saturated rings. The predicted octanol–water partition coefficient (Wildman–Crippen LogP) is 1.54. The molecule has 4 N–H and O–H groups in total. The molecule has 0 saturated carbocycles. The highest BCUT2D eigenvalue weighted by molar-refractivity contribution is 7.89. The van der Waals surface area contributed by atoms with Gasteiger partial charge in [0.1, 0.15) is 5.75 Å². The van der Waals surface area contributed by atoms with Gasteiger partial charge >= 0.3 is 0 Å². The molecule has 1 aromatic rings. The second-order valence-electron chi connectivity index (χ2n) is 4.91. The van der Waals surface area contributed by atoms with E-state index in [1.54, 1.807) is 0 Å². The van der Waals surface area contributed by atoms with Crippen LogP contribution >= 0.6 is 0 Å². The number of aliphatic hydroxyl groups excluding tert-OH is 1. The quantitative estimate of drug-likeness (QED) is 0.364. The summed E-state index contributed by atoms with van der Waals surface area (Å²) in [5.41, 5.74) is 5.57. The monoisotopic (exact) mass is 316 g/mol. The van der Waals surface area contributed by atoms with Crippen LogP contribution in [0.25, 0.3) is 0 Å². The third kappa shape index (κ3) is 4.87. The third-order valence-electron chi connectivity index (χ3n) is 3.25. The van der Waals surface area contributed by atoms with Crippen molar-refractivity contribution >= 4 is 15.7 Å². The zero-order chi connectivity index (χ0) is 15.9. The number of phenols is 1. The van der Waals surface area contributed by atoms with Crippen molar-refractivity contribution < 1.29 is 18.6 Å². The number of phenolic OH excluding ortho intramolecular Hbond substituents is 1. The van der Waals surface area contributed by atoms with Gasteiger partial charge in [-0.2, -0.15) is 4.31 Å². The number of nitrogens with two attached hydrogens (primary N) is 1. The maximum atomic E-state index is 12.5. The average molecular weight is 316 g/mol. The molecule has 0 radical (unpaired) electrons. The van der Waals surface area contributed by atoms with E-state index >= 15 is 0 Å². The Morgan fingerprint density at radius 2 is 1.90 bits per heavy atom. The van der Waals surface area contributed by atoms with Crippen LogP contribution in [-0.2, 0) is 10.0 Å². The van der Waals surface area contributed by atoms with Crippen LogP contribution < -0.4 is 5.73 Å². The van der Waals surface area contributed by atoms with Crippen molar-refractivity contribution in [1.29, 1.82) is 0 Å². The number of sulfonamides is 1. The van der Waals surface area contributed by atoms with Crippen LogP contribution in [-0.4, -0.2) is 42.6 Å². The lowest BCUT2D eigenvalue weighted by Crippen LogP contribution is -2.34. The van der Waals surface area contributed by atoms with Crippen molar-refractivity contribution in [2.75, 3.05) is 25.4 Å². The number of hydrogen-bond donors (Lipinski definition) is 3. The molecule has 0 bridgehead atoms. The maximum Gasteiger partial charge on any atom is 0.243 e. The van der Waals surface area contributed by atoms with Crippen molar-refractivity contribution in [2.24, 2.45) is 0 Å². The number of nitrogen functional groups attached to an aromatic ring is 1. The first-order valence-corrected chi connectivity index (χ1v) is 8.57. The van der Waals surface area contributed by atoms with E-state index in [-0.39, 0.29) is 29.5 Å². The number of benzene rings is 1. The molecule has 1 rings (SSSR count). The van der Waals surface area contributed by atoms with Gasteiger partial charge in [-0.3, -0.25) is 0 Å². The van der Waals surface area contributed by atoms with Gasteiger partial charge in [-0.1, -0.05) is 26.2 Å². The Balaban J connectivity index is 2.90. The van der Waals surface area contributed by atoms with Crippen molar-refractivity contribution in [2.45, 2.75) is 37.5 Å². The molecule has 0 aromatic heterocycles. The Bertz CT molecular complexity index is 546. The van der Waals surface area contributed by atoms with Crippen molar-refractivity contribution in [1.82, 2.24) is 4.31 Å². The Morgan fingerprint density at radius 3 is 2.48 bits per heavy atom. The fourth-order valence-corrected chi connectivity index (χ4v) is 3.53. The molecule has 0 atom stereocenters. The standard InChI is InChI=1S/C14H24N2O4S/c1-2-3-4-5-8-16(9-10-17)21(19,20)12-6-7-14(18)13(15)11-12/h6-7,11,17-18H,2-5,8-10,15H2,1H3. The largest absolute Gasteiger partial charge is 0.506 e. The van der Waals surface area contributed by atoms with E-state index < -0.39 is 10.0 Å². The van der Waals surface area contributed by atoms with E-state index in [9.17, 15) is 13.5 Å². The Labute approximate surface area is 126 Å². The average Bonchev–Trinajstić information content (AvgIpc) is 2.45. The molecule has 0 unspecified atom stereocenters. The highest BCUT2D eigenvalue weighted by atomic mass is 32.2. The van der Waals surface area contributed by atoms with Crippen LogP contribution in [0, 0.1) is 0 Å². The lowest BCUT2D eigenvalue weighted by Gasteiger charge is -2.21. The minimum Gasteiger partial charge on any atom is -0.506 e. The first-order valence-electron chi connectivity index (χ1n) is 7.13. The molecule has 7 heteroatoms. The summed E-state index contributed by atoms with van der Waals surface area (Å²) in [5, 5.41) is 18.5. The molecule has 0 aliphatic rings. The number of aromatic hydroxyl groups is 1. The molecule has 21 heavy (non-hydrogen) atoms. The molecule has 0 aliphatic carbocycles. The van der Waals surface area contributed by atoms with Crippen LogP contribution in [0.2, 0.25) is 0 Å². The fourth-order valence-electron chi connectivity index (χ4n) is 2.02. The molecule has 120 valence electrons. The van der Waals surface area contributed by atoms with Gasteiger partial charge < -0.3 is 15.9 Å². The summed E-state index contributed by atoms with van der Waals surface area (Å²) in [6.07, 6.45) is 3.83. The van der Waals surface area contributed by atoms with E-state index in [1.165, 1.54) is 22.5 Å². The fraction of sp³-hybridized carbons (Fsp3) is 0.571. The minimum atomic E-state index is -3.71. The third-order valence-corrected chi connectivity index (χ3v) is 5.14. The van der Waals surface area contributed by atoms with Gasteiger partial charge in [-0.15, -0.1) is 0 Å². The number of nitrogens with zero attached hydrogens (tertiary/aromatic N) is 1. The lowest BCUT2D eigenvalue weighted by molar-refractivity contribution is 0.251. The van der Waals surface area contributed by atoms with Crippen molar-refractivity contribution in [3.63, 3.8) is 0 Å². The number of rotatable bonds is 9. The van der Waals surface area contributed by atoms with Crippen molar-refractivity contribution in [3.8, 4) is 5.75 Å². The SMILES string of the molecule is CCCCCCN(CCO)S(=O)(=O)c1ccc(O)c(N)c1. The van der Waals surface area contributed by atoms with Gasteiger partial charge in [0.25, 0.3) is 0 Å². The van der Waals surface area contributed by atoms with Crippen LogP contribution in [0.5, 0.6) is 5.75 Å². The van der Waals surface area contributed by atoms with Gasteiger partial charge in [0.2, 0.25) is 10.0 Å². The molecule has 0 amide bonds. The maximum absolute atomic E-state index is 12.5. The molecular weight excluding hydrogens is 292 g/mol. The molecule has 6 nitrogen and oxygen atoms in total. The molecule has 0 saturated heterocycles. The van der Waals surface area contributed by atoms with Gasteiger partial charge in [-0.25, -0.2) is 8.42 Å². The van der Waals surface area contributed by atoms with Crippen LogP contribution in [0.15, 0.2) is 23.1 Å². The molecule has 1 aromatic carbocycles. The molecule has 0 aliphatic heterocycles. The topological polar surface area (TPSA) is 104 Å². The van der Waals surface area contributed by atoms with Gasteiger partial charge in [0.15, 0.2) is 0 Å². The zero-order valence-electron chi connectivity index (χ0n) is 12.3. The summed E-state index contributed by atoms with van der Waals surface area (Å²) in [6.45, 7) is 2.26. The van der Waals surface area contributed by atoms with Gasteiger partial charge in [-0.05, 0) is 24.6 Å². The smallest absolute Gasteiger partial charge is 0.243 e. The van der Waals surface area contributed by atoms with E-state index in [0.29, 0.717) is 6.54 Å². The number of aliphatic hydroxyl groups is 1. The highest BCUT2D eigenvalue weighted by Gasteiger charge is 2.24. The Morgan fingerprint density at radius 1 is 1.19 bits per heavy atom. The molecule has 0 heterocycles. The minimum absolute atomic E-state index is 0.0195. The van der Waals surface area contributed by atoms with Crippen LogP contribution in [0.3, 0.4) is 0 Å². The first-order chi connectivity index (χ1) is 9.93. The van der Waals surface area contributed by atoms with E-state index in [4.69, 9.17) is 10.8 Å². The summed E-state index contributed by atoms with van der Waals surface area (Å²) in [6, 6.07) is 3.81. The van der Waals surface area contributed by atoms with Gasteiger partial charge in [0, 0.05) is 13.1 Å². The van der Waals surface area contributed by atoms with E-state index in [2.05, 4.69) is 6.92 Å². The van der Waals surface area contributed by atoms with Crippen molar-refractivity contribution in [3.05, 3.63) is 18.2 Å². The van der Waals surface area contributed by atoms with E-state index in [0.717, 1.165) is 25.7 Å². The van der Waals surface area contributed by atoms with Crippen LogP contribution in [0.4, 0.5) is 5.69 Å². The second-order valence-corrected chi connectivity index (χ2v) is 6.85. The highest BCUT2D eigenvalue weighted by Crippen LogP contribution is 2.25. The van der Waals surface area contributed by atoms with Gasteiger partial charge in [0.05, 0.1) is 17.2 Å². The lowest BCUT2D eigenvalue weighted by atomic mass is 10.2. The number of anilines is 1. The predicted molar refractivity (Wildman–Crippen MR) is 82.5 cm³/mol. The number of unbranched alkanes of at least 4 members (excludes halogenated alkanes) is 3. The molecule has 0 spiro atoms. The van der Waals surface area contributed by atoms with E-state index in [1.807, 2.05) is 0 Å². The Hall–Kier alpha value is -1.31. The summed E-state index contributed by atoms with van der Waals surface area (Å²) in [7, 11) is -3.71. The second kappa shape index (κ2) is 8.21. The summed E-state index contributed by atoms with van der Waals surface area (Å²) < 4.78 is 26.3. The number of hydrogen-bond acceptors (Lipinski definition) is 5. The Kier molecular flexibility index (Phi) is 6.94. The van der Waals surface area contributed by atoms with Crippen LogP contribution in [0.1, 0.15) is 32.6 Å². The normalized spacial score (nSPS) is 12.0. The summed E-state index contributed by atoms with van der Waals surface area (Å²) in [5.74, 6) is -0.148. The zero-order valence-corrected chi connectivity index (χ0v) is 13.1. The summed E-state index contributed by atoms with van der Waals surface area (Å²) >= 11 is 0. The molecular formula is C14H24N2O4S. The summed E-state index contributed by atoms with van der Waals surface area (Å²) in [4.78, 5) is 0.0294. The first kappa shape index (κ1) is 17.7.